The number of carbonyl (C=O) groups is 1. The Morgan fingerprint density at radius 1 is 1.06 bits per heavy atom. The Kier molecular flexibility index (Phi) is 2.72. The maximum atomic E-state index is 11.6. The lowest BCUT2D eigenvalue weighted by atomic mass is 10.1. The molecule has 0 saturated heterocycles. The van der Waals surface area contributed by atoms with Gasteiger partial charge in [-0.05, 0) is 35.0 Å². The summed E-state index contributed by atoms with van der Waals surface area (Å²) in [4.78, 5) is 10.9. The molecule has 0 aliphatic heterocycles. The van der Waals surface area contributed by atoms with Crippen molar-refractivity contribution in [3.8, 4) is 5.75 Å². The van der Waals surface area contributed by atoms with Crippen LogP contribution in [0.25, 0.3) is 10.8 Å². The maximum Gasteiger partial charge on any atom is 0.252 e. The maximum absolute atomic E-state index is 11.6. The van der Waals surface area contributed by atoms with Crippen LogP contribution in [0.1, 0.15) is 10.4 Å². The molecule has 4 N–H and O–H groups in total. The van der Waals surface area contributed by atoms with E-state index >= 15 is 0 Å². The van der Waals surface area contributed by atoms with Crippen molar-refractivity contribution in [2.24, 2.45) is 10.9 Å². The van der Waals surface area contributed by atoms with E-state index in [1.165, 1.54) is 24.3 Å². The van der Waals surface area contributed by atoms with Gasteiger partial charge in [0.15, 0.2) is 5.75 Å². The Labute approximate surface area is 103 Å². The zero-order valence-electron chi connectivity index (χ0n) is 9.08. The topological polar surface area (TPSA) is 123 Å². The Hall–Kier alpha value is -2.12. The molecular formula is C11H9N2O4S. The van der Waals surface area contributed by atoms with Gasteiger partial charge in [-0.2, -0.15) is 0 Å². The van der Waals surface area contributed by atoms with Gasteiger partial charge in [-0.15, -0.1) is 0 Å². The SMILES string of the molecule is NC(=O)c1cc2ccc(S(N)(=O)=O)cc2cc1[O]. The van der Waals surface area contributed by atoms with Gasteiger partial charge < -0.3 is 5.73 Å². The molecule has 2 aromatic carbocycles. The monoisotopic (exact) mass is 265 g/mol. The van der Waals surface area contributed by atoms with Gasteiger partial charge in [-0.1, -0.05) is 6.07 Å². The number of benzene rings is 2. The minimum absolute atomic E-state index is 0.0961. The molecule has 93 valence electrons. The quantitative estimate of drug-likeness (QED) is 0.831. The van der Waals surface area contributed by atoms with E-state index in [-0.39, 0.29) is 10.5 Å². The standard InChI is InChI=1S/C11H9N2O4S/c12-11(15)9-4-6-1-2-8(18(13,16)17)3-7(6)5-10(9)14/h1-5H,(H2,12,15)(H2,13,16,17). The minimum Gasteiger partial charge on any atom is -0.365 e. The van der Waals surface area contributed by atoms with Crippen LogP contribution in [0.15, 0.2) is 35.2 Å². The summed E-state index contributed by atoms with van der Waals surface area (Å²) in [5.74, 6) is -1.38. The average Bonchev–Trinajstić information content (AvgIpc) is 2.25. The molecule has 0 heterocycles. The summed E-state index contributed by atoms with van der Waals surface area (Å²) in [6, 6.07) is 6.52. The first-order valence-electron chi connectivity index (χ1n) is 4.86. The van der Waals surface area contributed by atoms with Crippen LogP contribution in [-0.2, 0) is 15.1 Å². The normalized spacial score (nSPS) is 11.6. The van der Waals surface area contributed by atoms with Gasteiger partial charge in [-0.25, -0.2) is 13.6 Å². The second-order valence-electron chi connectivity index (χ2n) is 3.77. The summed E-state index contributed by atoms with van der Waals surface area (Å²) in [7, 11) is -3.83. The molecule has 1 amide bonds. The smallest absolute Gasteiger partial charge is 0.252 e. The lowest BCUT2D eigenvalue weighted by Crippen LogP contribution is -2.12. The molecule has 2 aromatic rings. The molecule has 0 unspecified atom stereocenters. The fourth-order valence-corrected chi connectivity index (χ4v) is 2.17. The number of hydrogen-bond acceptors (Lipinski definition) is 3. The summed E-state index contributed by atoms with van der Waals surface area (Å²) in [6.45, 7) is 0. The third kappa shape index (κ3) is 2.13. The number of sulfonamides is 1. The van der Waals surface area contributed by atoms with Gasteiger partial charge in [0.1, 0.15) is 0 Å². The average molecular weight is 265 g/mol. The highest BCUT2D eigenvalue weighted by Gasteiger charge is 2.13. The molecular weight excluding hydrogens is 256 g/mol. The molecule has 6 nitrogen and oxygen atoms in total. The van der Waals surface area contributed by atoms with Crippen molar-refractivity contribution in [2.75, 3.05) is 0 Å². The first-order valence-corrected chi connectivity index (χ1v) is 6.41. The number of primary amides is 1. The predicted octanol–water partition coefficient (Wildman–Crippen LogP) is 0.730. The van der Waals surface area contributed by atoms with Crippen molar-refractivity contribution in [1.29, 1.82) is 0 Å². The van der Waals surface area contributed by atoms with Gasteiger partial charge >= 0.3 is 0 Å². The van der Waals surface area contributed by atoms with Crippen molar-refractivity contribution in [2.45, 2.75) is 4.90 Å². The predicted molar refractivity (Wildman–Crippen MR) is 64.0 cm³/mol. The molecule has 0 bridgehead atoms. The molecule has 0 atom stereocenters. The molecule has 0 spiro atoms. The number of hydrogen-bond donors (Lipinski definition) is 2. The third-order valence-corrected chi connectivity index (χ3v) is 3.42. The van der Waals surface area contributed by atoms with Crippen LogP contribution >= 0.6 is 0 Å². The Bertz CT molecular complexity index is 753. The summed E-state index contributed by atoms with van der Waals surface area (Å²) < 4.78 is 22.3. The summed E-state index contributed by atoms with van der Waals surface area (Å²) in [6.07, 6.45) is 0. The van der Waals surface area contributed by atoms with E-state index in [0.29, 0.717) is 10.8 Å². The van der Waals surface area contributed by atoms with Crippen LogP contribution in [0, 0.1) is 0 Å². The molecule has 0 aliphatic rings. The van der Waals surface area contributed by atoms with E-state index in [9.17, 15) is 18.3 Å². The van der Waals surface area contributed by atoms with Crippen molar-refractivity contribution < 1.29 is 18.3 Å². The van der Waals surface area contributed by atoms with Crippen molar-refractivity contribution >= 4 is 26.7 Å². The Morgan fingerprint density at radius 2 is 1.72 bits per heavy atom. The molecule has 0 fully saturated rings. The zero-order valence-corrected chi connectivity index (χ0v) is 9.90. The molecule has 0 saturated carbocycles. The molecule has 18 heavy (non-hydrogen) atoms. The van der Waals surface area contributed by atoms with Gasteiger partial charge in [-0.3, -0.25) is 9.90 Å². The number of carbonyl (C=O) groups excluding carboxylic acids is 1. The summed E-state index contributed by atoms with van der Waals surface area (Å²) >= 11 is 0. The van der Waals surface area contributed by atoms with Crippen LogP contribution in [0.4, 0.5) is 0 Å². The van der Waals surface area contributed by atoms with Gasteiger partial charge in [0, 0.05) is 0 Å². The lowest BCUT2D eigenvalue weighted by molar-refractivity contribution is 0.0996. The first-order chi connectivity index (χ1) is 8.29. The molecule has 0 aromatic heterocycles. The van der Waals surface area contributed by atoms with E-state index in [1.807, 2.05) is 0 Å². The van der Waals surface area contributed by atoms with E-state index < -0.39 is 21.7 Å². The number of rotatable bonds is 2. The minimum atomic E-state index is -3.83. The summed E-state index contributed by atoms with van der Waals surface area (Å²) in [5, 5.41) is 17.5. The van der Waals surface area contributed by atoms with E-state index in [2.05, 4.69) is 0 Å². The third-order valence-electron chi connectivity index (χ3n) is 2.50. The van der Waals surface area contributed by atoms with Gasteiger partial charge in [0.25, 0.3) is 5.91 Å². The van der Waals surface area contributed by atoms with Crippen LogP contribution < -0.4 is 10.9 Å². The summed E-state index contributed by atoms with van der Waals surface area (Å²) in [5.41, 5.74) is 4.92. The largest absolute Gasteiger partial charge is 0.365 e. The number of fused-ring (bicyclic) bond motifs is 1. The number of nitrogens with two attached hydrogens (primary N) is 2. The Balaban J connectivity index is 2.74. The molecule has 0 aliphatic carbocycles. The highest BCUT2D eigenvalue weighted by atomic mass is 32.2. The van der Waals surface area contributed by atoms with Gasteiger partial charge in [0.05, 0.1) is 10.5 Å². The van der Waals surface area contributed by atoms with Crippen molar-refractivity contribution in [3.05, 3.63) is 35.9 Å². The number of amides is 1. The van der Waals surface area contributed by atoms with Crippen LogP contribution in [0.2, 0.25) is 0 Å². The van der Waals surface area contributed by atoms with Crippen molar-refractivity contribution in [3.63, 3.8) is 0 Å². The lowest BCUT2D eigenvalue weighted by Gasteiger charge is -2.04. The first kappa shape index (κ1) is 12.3. The zero-order chi connectivity index (χ0) is 13.5. The van der Waals surface area contributed by atoms with Crippen LogP contribution in [0.5, 0.6) is 5.75 Å². The second kappa shape index (κ2) is 3.97. The molecule has 1 radical (unpaired) electrons. The van der Waals surface area contributed by atoms with Gasteiger partial charge in [0.2, 0.25) is 10.0 Å². The van der Waals surface area contributed by atoms with Crippen LogP contribution in [0.3, 0.4) is 0 Å². The highest BCUT2D eigenvalue weighted by molar-refractivity contribution is 7.89. The fraction of sp³-hybridized carbons (Fsp3) is 0. The van der Waals surface area contributed by atoms with E-state index in [1.54, 1.807) is 0 Å². The van der Waals surface area contributed by atoms with E-state index in [4.69, 9.17) is 10.9 Å². The Morgan fingerprint density at radius 3 is 2.28 bits per heavy atom. The van der Waals surface area contributed by atoms with Crippen molar-refractivity contribution in [1.82, 2.24) is 0 Å². The molecule has 7 heteroatoms. The highest BCUT2D eigenvalue weighted by Crippen LogP contribution is 2.26. The second-order valence-corrected chi connectivity index (χ2v) is 5.33. The fourth-order valence-electron chi connectivity index (χ4n) is 1.62. The molecule has 2 rings (SSSR count). The van der Waals surface area contributed by atoms with Crippen LogP contribution in [-0.4, -0.2) is 14.3 Å². The van der Waals surface area contributed by atoms with E-state index in [0.717, 1.165) is 6.07 Å². The number of primary sulfonamides is 1.